The van der Waals surface area contributed by atoms with Crippen molar-refractivity contribution in [1.82, 2.24) is 9.80 Å². The van der Waals surface area contributed by atoms with E-state index in [1.54, 1.807) is 14.1 Å². The molecule has 6 nitrogen and oxygen atoms in total. The first kappa shape index (κ1) is 11.6. The molecular formula is C9H16N2O4. The normalized spacial score (nSPS) is 17.3. The number of ether oxygens (including phenoxy) is 1. The number of likely N-dealkylation sites (tertiary alicyclic amines) is 1. The third-order valence-corrected chi connectivity index (χ3v) is 2.35. The van der Waals surface area contributed by atoms with Gasteiger partial charge in [-0.05, 0) is 0 Å². The fourth-order valence-electron chi connectivity index (χ4n) is 1.41. The Labute approximate surface area is 88.4 Å². The van der Waals surface area contributed by atoms with Crippen LogP contribution < -0.4 is 0 Å². The van der Waals surface area contributed by atoms with Crippen LogP contribution in [0, 0.1) is 0 Å². The Morgan fingerprint density at radius 1 is 1.33 bits per heavy atom. The third kappa shape index (κ3) is 3.30. The summed E-state index contributed by atoms with van der Waals surface area (Å²) in [4.78, 5) is 24.5. The summed E-state index contributed by atoms with van der Waals surface area (Å²) in [5.41, 5.74) is 0. The van der Waals surface area contributed by atoms with Crippen molar-refractivity contribution < 1.29 is 19.4 Å². The summed E-state index contributed by atoms with van der Waals surface area (Å²) in [6, 6.07) is 0. The number of hydrogen-bond donors (Lipinski definition) is 1. The van der Waals surface area contributed by atoms with E-state index in [1.165, 1.54) is 9.80 Å². The molecule has 1 aliphatic rings. The van der Waals surface area contributed by atoms with Crippen molar-refractivity contribution in [3.63, 3.8) is 0 Å². The first-order valence-corrected chi connectivity index (χ1v) is 4.86. The molecular weight excluding hydrogens is 200 g/mol. The van der Waals surface area contributed by atoms with Gasteiger partial charge in [0.2, 0.25) is 0 Å². The number of carbonyl (C=O) groups excluding carboxylic acids is 1. The summed E-state index contributed by atoms with van der Waals surface area (Å²) in [7, 11) is 3.24. The molecule has 0 bridgehead atoms. The molecule has 1 aliphatic heterocycles. The summed E-state index contributed by atoms with van der Waals surface area (Å²) >= 11 is 0. The molecule has 0 aromatic carbocycles. The van der Waals surface area contributed by atoms with E-state index in [0.717, 1.165) is 0 Å². The highest BCUT2D eigenvalue weighted by Gasteiger charge is 2.25. The first-order valence-electron chi connectivity index (χ1n) is 4.86. The second-order valence-electron chi connectivity index (χ2n) is 3.75. The lowest BCUT2D eigenvalue weighted by molar-refractivity contribution is 0.0374. The number of hydrogen-bond acceptors (Lipinski definition) is 3. The molecule has 0 atom stereocenters. The lowest BCUT2D eigenvalue weighted by atomic mass is 10.1. The molecule has 1 heterocycles. The average Bonchev–Trinajstić information content (AvgIpc) is 2.18. The topological polar surface area (TPSA) is 70.1 Å². The SMILES string of the molecule is CN(C)C(=O)OC1CCN(C(=O)O)CC1. The smallest absolute Gasteiger partial charge is 0.409 e. The monoisotopic (exact) mass is 216 g/mol. The Morgan fingerprint density at radius 2 is 1.87 bits per heavy atom. The maximum Gasteiger partial charge on any atom is 0.409 e. The molecule has 1 saturated heterocycles. The maximum atomic E-state index is 11.2. The quantitative estimate of drug-likeness (QED) is 0.704. The fourth-order valence-corrected chi connectivity index (χ4v) is 1.41. The van der Waals surface area contributed by atoms with Crippen molar-refractivity contribution >= 4 is 12.2 Å². The number of carbonyl (C=O) groups is 2. The van der Waals surface area contributed by atoms with Crippen molar-refractivity contribution in [2.45, 2.75) is 18.9 Å². The molecule has 1 rings (SSSR count). The second-order valence-corrected chi connectivity index (χ2v) is 3.75. The van der Waals surface area contributed by atoms with Crippen molar-refractivity contribution in [3.05, 3.63) is 0 Å². The number of amides is 2. The average molecular weight is 216 g/mol. The summed E-state index contributed by atoms with van der Waals surface area (Å²) < 4.78 is 5.15. The lowest BCUT2D eigenvalue weighted by Crippen LogP contribution is -2.41. The molecule has 2 amide bonds. The minimum absolute atomic E-state index is 0.157. The Balaban J connectivity index is 2.32. The molecule has 0 radical (unpaired) electrons. The summed E-state index contributed by atoms with van der Waals surface area (Å²) in [6.07, 6.45) is -0.288. The van der Waals surface area contributed by atoms with Gasteiger partial charge < -0.3 is 19.6 Å². The van der Waals surface area contributed by atoms with E-state index in [1.807, 2.05) is 0 Å². The molecule has 1 N–H and O–H groups in total. The van der Waals surface area contributed by atoms with Crippen LogP contribution in [0.15, 0.2) is 0 Å². The Bertz CT molecular complexity index is 246. The highest BCUT2D eigenvalue weighted by atomic mass is 16.6. The molecule has 86 valence electrons. The van der Waals surface area contributed by atoms with Gasteiger partial charge in [-0.3, -0.25) is 0 Å². The molecule has 15 heavy (non-hydrogen) atoms. The Hall–Kier alpha value is -1.46. The first-order chi connectivity index (χ1) is 7.00. The number of rotatable bonds is 1. The molecule has 1 fully saturated rings. The molecule has 0 aliphatic carbocycles. The summed E-state index contributed by atoms with van der Waals surface area (Å²) in [5.74, 6) is 0. The summed E-state index contributed by atoms with van der Waals surface area (Å²) in [6.45, 7) is 0.863. The second kappa shape index (κ2) is 4.86. The third-order valence-electron chi connectivity index (χ3n) is 2.35. The number of piperidine rings is 1. The molecule has 0 saturated carbocycles. The van der Waals surface area contributed by atoms with E-state index in [9.17, 15) is 9.59 Å². The van der Waals surface area contributed by atoms with Gasteiger partial charge in [0.25, 0.3) is 0 Å². The minimum atomic E-state index is -0.910. The number of nitrogens with zero attached hydrogens (tertiary/aromatic N) is 2. The predicted molar refractivity (Wildman–Crippen MR) is 52.8 cm³/mol. The van der Waals surface area contributed by atoms with E-state index in [4.69, 9.17) is 9.84 Å². The van der Waals surface area contributed by atoms with Crippen LogP contribution in [-0.2, 0) is 4.74 Å². The van der Waals surface area contributed by atoms with Crippen LogP contribution in [0.1, 0.15) is 12.8 Å². The highest BCUT2D eigenvalue weighted by Crippen LogP contribution is 2.14. The van der Waals surface area contributed by atoms with Gasteiger partial charge in [-0.25, -0.2) is 9.59 Å². The largest absolute Gasteiger partial charge is 0.465 e. The fraction of sp³-hybridized carbons (Fsp3) is 0.778. The van der Waals surface area contributed by atoms with Crippen molar-refractivity contribution in [1.29, 1.82) is 0 Å². The molecule has 0 aromatic heterocycles. The zero-order valence-corrected chi connectivity index (χ0v) is 8.97. The number of carboxylic acid groups (broad SMARTS) is 1. The van der Waals surface area contributed by atoms with Gasteiger partial charge in [0.15, 0.2) is 0 Å². The van der Waals surface area contributed by atoms with Crippen LogP contribution in [0.2, 0.25) is 0 Å². The van der Waals surface area contributed by atoms with E-state index >= 15 is 0 Å². The Morgan fingerprint density at radius 3 is 2.27 bits per heavy atom. The van der Waals surface area contributed by atoms with Crippen LogP contribution in [0.3, 0.4) is 0 Å². The highest BCUT2D eigenvalue weighted by molar-refractivity contribution is 5.67. The van der Waals surface area contributed by atoms with Gasteiger partial charge in [0.1, 0.15) is 6.10 Å². The zero-order chi connectivity index (χ0) is 11.4. The van der Waals surface area contributed by atoms with Crippen LogP contribution in [0.25, 0.3) is 0 Å². The molecule has 0 aromatic rings. The predicted octanol–water partition coefficient (Wildman–Crippen LogP) is 0.827. The Kier molecular flexibility index (Phi) is 3.76. The van der Waals surface area contributed by atoms with Crippen molar-refractivity contribution in [2.75, 3.05) is 27.2 Å². The van der Waals surface area contributed by atoms with Gasteiger partial charge in [-0.1, -0.05) is 0 Å². The minimum Gasteiger partial charge on any atom is -0.465 e. The van der Waals surface area contributed by atoms with Crippen molar-refractivity contribution in [3.8, 4) is 0 Å². The maximum absolute atomic E-state index is 11.2. The van der Waals surface area contributed by atoms with Crippen molar-refractivity contribution in [2.24, 2.45) is 0 Å². The van der Waals surface area contributed by atoms with Gasteiger partial charge in [-0.2, -0.15) is 0 Å². The molecule has 0 spiro atoms. The van der Waals surface area contributed by atoms with Crippen LogP contribution in [0.4, 0.5) is 9.59 Å². The van der Waals surface area contributed by atoms with Gasteiger partial charge in [0.05, 0.1) is 0 Å². The standard InChI is InChI=1S/C9H16N2O4/c1-10(2)9(14)15-7-3-5-11(6-4-7)8(12)13/h7H,3-6H2,1-2H3,(H,12,13). The summed E-state index contributed by atoms with van der Waals surface area (Å²) in [5, 5.41) is 8.70. The van der Waals surface area contributed by atoms with E-state index in [2.05, 4.69) is 0 Å². The van der Waals surface area contributed by atoms with E-state index < -0.39 is 6.09 Å². The van der Waals surface area contributed by atoms with E-state index in [-0.39, 0.29) is 12.2 Å². The van der Waals surface area contributed by atoms with Crippen LogP contribution >= 0.6 is 0 Å². The zero-order valence-electron chi connectivity index (χ0n) is 8.97. The van der Waals surface area contributed by atoms with Gasteiger partial charge in [-0.15, -0.1) is 0 Å². The van der Waals surface area contributed by atoms with Gasteiger partial charge in [0, 0.05) is 40.0 Å². The molecule has 0 unspecified atom stereocenters. The lowest BCUT2D eigenvalue weighted by Gasteiger charge is -2.30. The van der Waals surface area contributed by atoms with Crippen LogP contribution in [0.5, 0.6) is 0 Å². The van der Waals surface area contributed by atoms with Crippen LogP contribution in [-0.4, -0.2) is 60.4 Å². The van der Waals surface area contributed by atoms with E-state index in [0.29, 0.717) is 25.9 Å². The van der Waals surface area contributed by atoms with Gasteiger partial charge >= 0.3 is 12.2 Å². The molecule has 6 heteroatoms.